The van der Waals surface area contributed by atoms with E-state index in [1.54, 1.807) is 0 Å². The van der Waals surface area contributed by atoms with Crippen LogP contribution in [0.25, 0.3) is 68.6 Å². The molecule has 0 saturated heterocycles. The molecule has 6 heteroatoms. The van der Waals surface area contributed by atoms with Crippen molar-refractivity contribution in [2.75, 3.05) is 23.7 Å². The smallest absolute Gasteiger partial charge is 0.0736 e. The third-order valence-electron chi connectivity index (χ3n) is 9.46. The highest BCUT2D eigenvalue weighted by atomic mass is 14.9. The Balaban J connectivity index is 1.27. The van der Waals surface area contributed by atoms with E-state index in [4.69, 9.17) is 9.97 Å². The Labute approximate surface area is 295 Å². The second kappa shape index (κ2) is 15.9. The maximum Gasteiger partial charge on any atom is 0.0736 e. The van der Waals surface area contributed by atoms with Gasteiger partial charge in [0.15, 0.2) is 0 Å². The van der Waals surface area contributed by atoms with Crippen molar-refractivity contribution in [3.8, 4) is 22.3 Å². The highest BCUT2D eigenvalue weighted by molar-refractivity contribution is 5.93. The third-order valence-corrected chi connectivity index (χ3v) is 9.46. The van der Waals surface area contributed by atoms with Crippen LogP contribution in [0.15, 0.2) is 84.9 Å². The number of aromatic amines is 2. The first-order chi connectivity index (χ1) is 24.7. The van der Waals surface area contributed by atoms with Crippen molar-refractivity contribution in [3.05, 3.63) is 108 Å². The molecule has 0 radical (unpaired) electrons. The number of anilines is 2. The Kier molecular flexibility index (Phi) is 10.5. The van der Waals surface area contributed by atoms with Crippen LogP contribution in [-0.2, 0) is 0 Å². The van der Waals surface area contributed by atoms with E-state index in [1.807, 2.05) is 0 Å². The van der Waals surface area contributed by atoms with E-state index in [2.05, 4.69) is 144 Å². The molecule has 5 aromatic rings. The fourth-order valence-corrected chi connectivity index (χ4v) is 6.76. The van der Waals surface area contributed by atoms with E-state index < -0.39 is 0 Å². The monoisotopic (exact) mass is 660 g/mol. The standard InChI is InChI=1S/C44H48N6/c1-3-5-7-9-27-45-33-15-11-31(12-16-33)43-39-23-19-35(47-39)29-37-21-25-41(49-37)44(32-13-17-34(18-14-32)46-28-10-8-6-4-2)42-26-22-38(50-42)30-36-20-24-40(43)48-36/h11-26,29-30,45-47,50H,3-10,27-28H2,1-2H3. The zero-order valence-electron chi connectivity index (χ0n) is 29.4. The molecule has 0 unspecified atom stereocenters. The van der Waals surface area contributed by atoms with Gasteiger partial charge >= 0.3 is 0 Å². The first-order valence-corrected chi connectivity index (χ1v) is 18.5. The van der Waals surface area contributed by atoms with Crippen molar-refractivity contribution in [2.45, 2.75) is 65.2 Å². The molecule has 6 nitrogen and oxygen atoms in total. The molecule has 50 heavy (non-hydrogen) atoms. The zero-order chi connectivity index (χ0) is 34.1. The number of hydrogen-bond acceptors (Lipinski definition) is 4. The van der Waals surface area contributed by atoms with Crippen LogP contribution in [0.5, 0.6) is 0 Å². The number of benzene rings is 2. The number of nitrogens with one attached hydrogen (secondary N) is 4. The molecule has 7 rings (SSSR count). The molecule has 5 heterocycles. The van der Waals surface area contributed by atoms with Crippen LogP contribution in [0.2, 0.25) is 0 Å². The lowest BCUT2D eigenvalue weighted by Crippen LogP contribution is -2.01. The fraction of sp³-hybridized carbons (Fsp3) is 0.273. The molecule has 2 aromatic carbocycles. The first kappa shape index (κ1) is 33.2. The van der Waals surface area contributed by atoms with Crippen molar-refractivity contribution in [1.29, 1.82) is 0 Å². The van der Waals surface area contributed by atoms with E-state index in [0.29, 0.717) is 0 Å². The minimum atomic E-state index is 0.909. The van der Waals surface area contributed by atoms with Gasteiger partial charge in [-0.25, -0.2) is 9.97 Å². The lowest BCUT2D eigenvalue weighted by atomic mass is 10.0. The van der Waals surface area contributed by atoms with Crippen LogP contribution in [0.4, 0.5) is 11.4 Å². The first-order valence-electron chi connectivity index (χ1n) is 18.5. The molecular formula is C44H48N6. The predicted molar refractivity (Wildman–Crippen MR) is 215 cm³/mol. The molecule has 4 N–H and O–H groups in total. The predicted octanol–water partition coefficient (Wildman–Crippen LogP) is 12.0. The molecular weight excluding hydrogens is 613 g/mol. The molecule has 3 aromatic heterocycles. The molecule has 0 fully saturated rings. The molecule has 8 bridgehead atoms. The van der Waals surface area contributed by atoms with Crippen molar-refractivity contribution < 1.29 is 0 Å². The quantitative estimate of drug-likeness (QED) is 0.0875. The van der Waals surface area contributed by atoms with Crippen molar-refractivity contribution in [2.24, 2.45) is 0 Å². The van der Waals surface area contributed by atoms with Gasteiger partial charge < -0.3 is 20.6 Å². The van der Waals surface area contributed by atoms with E-state index in [9.17, 15) is 0 Å². The number of aromatic nitrogens is 4. The Morgan fingerprint density at radius 3 is 1.34 bits per heavy atom. The van der Waals surface area contributed by atoms with Crippen molar-refractivity contribution >= 4 is 57.7 Å². The number of rotatable bonds is 14. The van der Waals surface area contributed by atoms with Gasteiger partial charge in [-0.2, -0.15) is 0 Å². The summed E-state index contributed by atoms with van der Waals surface area (Å²) in [6.07, 6.45) is 18.4. The van der Waals surface area contributed by atoms with E-state index in [0.717, 1.165) is 91.6 Å². The van der Waals surface area contributed by atoms with Gasteiger partial charge in [-0.1, -0.05) is 76.6 Å². The molecule has 0 saturated carbocycles. The summed E-state index contributed by atoms with van der Waals surface area (Å²) in [6.45, 7) is 6.49. The summed E-state index contributed by atoms with van der Waals surface area (Å²) in [6, 6.07) is 30.3. The van der Waals surface area contributed by atoms with Gasteiger partial charge in [0.05, 0.1) is 22.8 Å². The van der Waals surface area contributed by atoms with Crippen LogP contribution in [-0.4, -0.2) is 33.0 Å². The molecule has 0 amide bonds. The summed E-state index contributed by atoms with van der Waals surface area (Å²) in [7, 11) is 0. The van der Waals surface area contributed by atoms with Crippen LogP contribution in [0.3, 0.4) is 0 Å². The van der Waals surface area contributed by atoms with Crippen LogP contribution in [0, 0.1) is 0 Å². The highest BCUT2D eigenvalue weighted by Crippen LogP contribution is 2.33. The summed E-state index contributed by atoms with van der Waals surface area (Å²) in [4.78, 5) is 17.6. The summed E-state index contributed by atoms with van der Waals surface area (Å²) in [5, 5.41) is 7.17. The van der Waals surface area contributed by atoms with Gasteiger partial charge in [0.1, 0.15) is 0 Å². The summed E-state index contributed by atoms with van der Waals surface area (Å²) >= 11 is 0. The van der Waals surface area contributed by atoms with Crippen LogP contribution < -0.4 is 10.6 Å². The minimum Gasteiger partial charge on any atom is -0.385 e. The van der Waals surface area contributed by atoms with Crippen molar-refractivity contribution in [1.82, 2.24) is 19.9 Å². The number of hydrogen-bond donors (Lipinski definition) is 4. The Hall–Kier alpha value is -5.36. The SMILES string of the molecule is CCCCCCNc1ccc(-c2c3nc(cc4ccc([nH]4)c(-c4ccc(NCCCCCC)cc4)c4nc(cc5ccc2[nH]5)C=C4)C=C3)cc1. The topological polar surface area (TPSA) is 81.4 Å². The summed E-state index contributed by atoms with van der Waals surface area (Å²) < 4.78 is 0. The van der Waals surface area contributed by atoms with Crippen molar-refractivity contribution in [3.63, 3.8) is 0 Å². The number of fused-ring (bicyclic) bond motifs is 8. The lowest BCUT2D eigenvalue weighted by Gasteiger charge is -2.09. The highest BCUT2D eigenvalue weighted by Gasteiger charge is 2.13. The Morgan fingerprint density at radius 1 is 0.480 bits per heavy atom. The maximum atomic E-state index is 5.12. The Morgan fingerprint density at radius 2 is 0.920 bits per heavy atom. The summed E-state index contributed by atoms with van der Waals surface area (Å²) in [5.74, 6) is 0. The number of unbranched alkanes of at least 4 members (excludes halogenated alkanes) is 6. The van der Waals surface area contributed by atoms with Crippen LogP contribution in [0.1, 0.15) is 88.0 Å². The molecule has 2 aliphatic rings. The van der Waals surface area contributed by atoms with Gasteiger partial charge in [-0.3, -0.25) is 0 Å². The Bertz CT molecular complexity index is 1980. The summed E-state index contributed by atoms with van der Waals surface area (Å²) in [5.41, 5.74) is 14.4. The average Bonchev–Trinajstić information content (AvgIpc) is 3.97. The molecule has 0 spiro atoms. The van der Waals surface area contributed by atoms with Crippen LogP contribution >= 0.6 is 0 Å². The van der Waals surface area contributed by atoms with E-state index in [1.165, 1.54) is 51.4 Å². The fourth-order valence-electron chi connectivity index (χ4n) is 6.76. The third kappa shape index (κ3) is 7.92. The van der Waals surface area contributed by atoms with Gasteiger partial charge in [0.25, 0.3) is 0 Å². The normalized spacial score (nSPS) is 12.0. The number of nitrogens with zero attached hydrogens (tertiary/aromatic N) is 2. The van der Waals surface area contributed by atoms with Gasteiger partial charge in [-0.05, 0) is 109 Å². The minimum absolute atomic E-state index is 0.909. The molecule has 254 valence electrons. The average molecular weight is 661 g/mol. The van der Waals surface area contributed by atoms with Gasteiger partial charge in [0, 0.05) is 57.7 Å². The van der Waals surface area contributed by atoms with E-state index in [-0.39, 0.29) is 0 Å². The maximum absolute atomic E-state index is 5.12. The number of H-pyrrole nitrogens is 2. The zero-order valence-corrected chi connectivity index (χ0v) is 29.4. The molecule has 0 atom stereocenters. The second-order valence-electron chi connectivity index (χ2n) is 13.3. The largest absolute Gasteiger partial charge is 0.385 e. The van der Waals surface area contributed by atoms with Gasteiger partial charge in [-0.15, -0.1) is 0 Å². The second-order valence-corrected chi connectivity index (χ2v) is 13.3. The van der Waals surface area contributed by atoms with Gasteiger partial charge in [0.2, 0.25) is 0 Å². The van der Waals surface area contributed by atoms with E-state index >= 15 is 0 Å². The molecule has 2 aliphatic heterocycles. The lowest BCUT2D eigenvalue weighted by molar-refractivity contribution is 0.685. The molecule has 0 aliphatic carbocycles.